The van der Waals surface area contributed by atoms with Crippen LogP contribution in [0, 0.1) is 0 Å². The van der Waals surface area contributed by atoms with Crippen LogP contribution in [-0.4, -0.2) is 36.0 Å². The molecule has 1 atom stereocenters. The number of hydrogen-bond donors (Lipinski definition) is 1. The molecule has 2 aromatic carbocycles. The zero-order valence-corrected chi connectivity index (χ0v) is 15.1. The molecule has 5 rings (SSSR count). The second-order valence-corrected chi connectivity index (χ2v) is 6.87. The third kappa shape index (κ3) is 2.13. The zero-order valence-electron chi connectivity index (χ0n) is 15.1. The molecule has 0 radical (unpaired) electrons. The first-order valence-corrected chi connectivity index (χ1v) is 8.99. The standard InChI is InChI=1S/C21H17N3O4/c1-28-21(27)17-13-7-3-5-9-15(13)23-11-12-6-2-4-8-14(12)24-16(25)10-22-20(26)19(24)18(17)23/h2-9,19H,10-11H2,1H3,(H,22,26). The predicted octanol–water partition coefficient (Wildman–Crippen LogP) is 1.99. The maximum absolute atomic E-state index is 13.0. The van der Waals surface area contributed by atoms with Crippen LogP contribution in [0.5, 0.6) is 0 Å². The Labute approximate surface area is 160 Å². The SMILES string of the molecule is COC(=O)c1c2n(c3ccccc13)Cc1ccccc1N1C(=O)CNC(=O)C21. The summed E-state index contributed by atoms with van der Waals surface area (Å²) in [6.07, 6.45) is 0. The number of methoxy groups -OCH3 is 1. The number of para-hydroxylation sites is 2. The number of piperazine rings is 1. The maximum atomic E-state index is 13.0. The molecule has 3 heterocycles. The van der Waals surface area contributed by atoms with Crippen molar-refractivity contribution in [2.45, 2.75) is 12.6 Å². The van der Waals surface area contributed by atoms with Gasteiger partial charge in [-0.05, 0) is 17.7 Å². The third-order valence-electron chi connectivity index (χ3n) is 5.43. The minimum Gasteiger partial charge on any atom is -0.465 e. The van der Waals surface area contributed by atoms with E-state index in [1.807, 2.05) is 53.1 Å². The molecule has 7 heteroatoms. The topological polar surface area (TPSA) is 80.6 Å². The minimum atomic E-state index is -0.939. The number of carbonyl (C=O) groups is 3. The lowest BCUT2D eigenvalue weighted by Crippen LogP contribution is -2.54. The first kappa shape index (κ1) is 16.6. The van der Waals surface area contributed by atoms with E-state index in [1.165, 1.54) is 12.0 Å². The molecule has 0 aliphatic carbocycles. The van der Waals surface area contributed by atoms with E-state index in [9.17, 15) is 14.4 Å². The summed E-state index contributed by atoms with van der Waals surface area (Å²) in [5.74, 6) is -1.06. The molecule has 1 saturated heterocycles. The van der Waals surface area contributed by atoms with Gasteiger partial charge in [0.15, 0.2) is 6.04 Å². The number of benzene rings is 2. The highest BCUT2D eigenvalue weighted by atomic mass is 16.5. The van der Waals surface area contributed by atoms with Crippen molar-refractivity contribution in [3.8, 4) is 0 Å². The van der Waals surface area contributed by atoms with Crippen LogP contribution < -0.4 is 10.2 Å². The average molecular weight is 375 g/mol. The number of fused-ring (bicyclic) bond motifs is 7. The Bertz CT molecular complexity index is 1160. The maximum Gasteiger partial charge on any atom is 0.340 e. The van der Waals surface area contributed by atoms with Crippen molar-refractivity contribution in [1.82, 2.24) is 9.88 Å². The number of nitrogens with one attached hydrogen (secondary N) is 1. The number of anilines is 1. The molecule has 1 N–H and O–H groups in total. The summed E-state index contributed by atoms with van der Waals surface area (Å²) in [4.78, 5) is 40.1. The Morgan fingerprint density at radius 3 is 2.68 bits per heavy atom. The lowest BCUT2D eigenvalue weighted by atomic mass is 10.0. The van der Waals surface area contributed by atoms with Gasteiger partial charge < -0.3 is 14.6 Å². The summed E-state index contributed by atoms with van der Waals surface area (Å²) in [7, 11) is 1.32. The van der Waals surface area contributed by atoms with Crippen LogP contribution in [0.25, 0.3) is 10.9 Å². The Morgan fingerprint density at radius 2 is 1.86 bits per heavy atom. The fourth-order valence-corrected chi connectivity index (χ4v) is 4.27. The molecule has 2 amide bonds. The van der Waals surface area contributed by atoms with E-state index >= 15 is 0 Å². The molecular formula is C21H17N3O4. The summed E-state index contributed by atoms with van der Waals surface area (Å²) in [5, 5.41) is 3.37. The average Bonchev–Trinajstić information content (AvgIpc) is 2.94. The Kier molecular flexibility index (Phi) is 3.52. The van der Waals surface area contributed by atoms with Gasteiger partial charge in [0, 0.05) is 10.9 Å². The summed E-state index contributed by atoms with van der Waals surface area (Å²) in [6, 6.07) is 14.1. The molecule has 1 aromatic heterocycles. The monoisotopic (exact) mass is 375 g/mol. The lowest BCUT2D eigenvalue weighted by molar-refractivity contribution is -0.131. The normalized spacial score (nSPS) is 18.0. The van der Waals surface area contributed by atoms with Crippen LogP contribution in [0.2, 0.25) is 0 Å². The summed E-state index contributed by atoms with van der Waals surface area (Å²) >= 11 is 0. The summed E-state index contributed by atoms with van der Waals surface area (Å²) in [6.45, 7) is 0.369. The van der Waals surface area contributed by atoms with Crippen LogP contribution in [0.1, 0.15) is 27.7 Å². The third-order valence-corrected chi connectivity index (χ3v) is 5.43. The van der Waals surface area contributed by atoms with Gasteiger partial charge in [-0.1, -0.05) is 36.4 Å². The van der Waals surface area contributed by atoms with Crippen molar-refractivity contribution in [3.05, 3.63) is 65.4 Å². The van der Waals surface area contributed by atoms with Crippen LogP contribution >= 0.6 is 0 Å². The molecule has 2 aliphatic rings. The predicted molar refractivity (Wildman–Crippen MR) is 102 cm³/mol. The van der Waals surface area contributed by atoms with Crippen LogP contribution in [-0.2, 0) is 20.9 Å². The molecule has 2 aliphatic heterocycles. The molecule has 0 saturated carbocycles. The number of rotatable bonds is 1. The van der Waals surface area contributed by atoms with Gasteiger partial charge in [-0.3, -0.25) is 14.5 Å². The van der Waals surface area contributed by atoms with E-state index in [4.69, 9.17) is 4.74 Å². The van der Waals surface area contributed by atoms with Crippen molar-refractivity contribution in [3.63, 3.8) is 0 Å². The van der Waals surface area contributed by atoms with E-state index in [2.05, 4.69) is 5.32 Å². The van der Waals surface area contributed by atoms with Gasteiger partial charge >= 0.3 is 5.97 Å². The molecule has 28 heavy (non-hydrogen) atoms. The van der Waals surface area contributed by atoms with Crippen molar-refractivity contribution in [1.29, 1.82) is 0 Å². The quantitative estimate of drug-likeness (QED) is 0.660. The molecule has 140 valence electrons. The highest BCUT2D eigenvalue weighted by Gasteiger charge is 2.44. The van der Waals surface area contributed by atoms with Crippen LogP contribution in [0.4, 0.5) is 5.69 Å². The van der Waals surface area contributed by atoms with E-state index < -0.39 is 12.0 Å². The summed E-state index contributed by atoms with van der Waals surface area (Å²) in [5.41, 5.74) is 3.23. The fourth-order valence-electron chi connectivity index (χ4n) is 4.27. The van der Waals surface area contributed by atoms with Crippen molar-refractivity contribution in [2.75, 3.05) is 18.6 Å². The van der Waals surface area contributed by atoms with E-state index in [-0.39, 0.29) is 18.4 Å². The molecule has 3 aromatic rings. The highest BCUT2D eigenvalue weighted by molar-refractivity contribution is 6.12. The Morgan fingerprint density at radius 1 is 1.11 bits per heavy atom. The number of esters is 1. The fraction of sp³-hybridized carbons (Fsp3) is 0.190. The van der Waals surface area contributed by atoms with Crippen molar-refractivity contribution >= 4 is 34.4 Å². The molecule has 1 unspecified atom stereocenters. The van der Waals surface area contributed by atoms with Gasteiger partial charge in [0.2, 0.25) is 11.8 Å². The lowest BCUT2D eigenvalue weighted by Gasteiger charge is -2.34. The van der Waals surface area contributed by atoms with Crippen LogP contribution in [0.3, 0.4) is 0 Å². The number of nitrogens with zero attached hydrogens (tertiary/aromatic N) is 2. The van der Waals surface area contributed by atoms with E-state index in [0.29, 0.717) is 28.9 Å². The Balaban J connectivity index is 1.92. The number of hydrogen-bond acceptors (Lipinski definition) is 4. The highest BCUT2D eigenvalue weighted by Crippen LogP contribution is 2.41. The van der Waals surface area contributed by atoms with E-state index in [0.717, 1.165) is 11.1 Å². The van der Waals surface area contributed by atoms with Crippen LogP contribution in [0.15, 0.2) is 48.5 Å². The molecular weight excluding hydrogens is 358 g/mol. The number of aromatic nitrogens is 1. The van der Waals surface area contributed by atoms with Gasteiger partial charge in [-0.2, -0.15) is 0 Å². The first-order chi connectivity index (χ1) is 13.6. The molecule has 0 bridgehead atoms. The van der Waals surface area contributed by atoms with Gasteiger partial charge in [-0.25, -0.2) is 4.79 Å². The molecule has 0 spiro atoms. The number of ether oxygens (including phenoxy) is 1. The molecule has 1 fully saturated rings. The number of carbonyl (C=O) groups excluding carboxylic acids is 3. The van der Waals surface area contributed by atoms with Gasteiger partial charge in [-0.15, -0.1) is 0 Å². The van der Waals surface area contributed by atoms with Gasteiger partial charge in [0.05, 0.1) is 37.1 Å². The van der Waals surface area contributed by atoms with Gasteiger partial charge in [0.1, 0.15) is 0 Å². The Hall–Kier alpha value is -3.61. The largest absolute Gasteiger partial charge is 0.465 e. The molecule has 7 nitrogen and oxygen atoms in total. The minimum absolute atomic E-state index is 0.0720. The van der Waals surface area contributed by atoms with Crippen molar-refractivity contribution < 1.29 is 19.1 Å². The second kappa shape index (κ2) is 5.95. The van der Waals surface area contributed by atoms with E-state index in [1.54, 1.807) is 0 Å². The zero-order chi connectivity index (χ0) is 19.4. The smallest absolute Gasteiger partial charge is 0.340 e. The number of amides is 2. The van der Waals surface area contributed by atoms with Gasteiger partial charge in [0.25, 0.3) is 0 Å². The first-order valence-electron chi connectivity index (χ1n) is 8.99. The van der Waals surface area contributed by atoms with Crippen molar-refractivity contribution in [2.24, 2.45) is 0 Å². The second-order valence-electron chi connectivity index (χ2n) is 6.87. The summed E-state index contributed by atoms with van der Waals surface area (Å²) < 4.78 is 6.99.